The molecular formula is C25H41N3OS. The number of carbonyl (C=O) groups excluding carboxylic acids is 1. The number of rotatable bonds is 12. The summed E-state index contributed by atoms with van der Waals surface area (Å²) in [6, 6.07) is 10.8. The molecule has 2 saturated heterocycles. The molecule has 0 aliphatic carbocycles. The molecule has 2 aliphatic rings. The largest absolute Gasteiger partial charge is 0.327 e. The Morgan fingerprint density at radius 1 is 0.967 bits per heavy atom. The predicted molar refractivity (Wildman–Crippen MR) is 129 cm³/mol. The Morgan fingerprint density at radius 3 is 2.23 bits per heavy atom. The predicted octanol–water partition coefficient (Wildman–Crippen LogP) is 4.85. The fourth-order valence-electron chi connectivity index (χ4n) is 4.78. The highest BCUT2D eigenvalue weighted by Gasteiger charge is 2.47. The van der Waals surface area contributed by atoms with Crippen LogP contribution in [0, 0.1) is 0 Å². The summed E-state index contributed by atoms with van der Waals surface area (Å²) in [6.07, 6.45) is 8.39. The van der Waals surface area contributed by atoms with Gasteiger partial charge in [0.05, 0.1) is 10.6 Å². The summed E-state index contributed by atoms with van der Waals surface area (Å²) in [4.78, 5) is 20.2. The molecule has 2 fully saturated rings. The number of likely N-dealkylation sites (tertiary alicyclic amines) is 1. The van der Waals surface area contributed by atoms with E-state index in [0.717, 1.165) is 52.0 Å². The number of nitrogens with zero attached hydrogens (tertiary/aromatic N) is 3. The average molecular weight is 432 g/mol. The van der Waals surface area contributed by atoms with Gasteiger partial charge in [0.15, 0.2) is 0 Å². The summed E-state index contributed by atoms with van der Waals surface area (Å²) < 4.78 is 0. The van der Waals surface area contributed by atoms with E-state index in [2.05, 4.69) is 58.9 Å². The summed E-state index contributed by atoms with van der Waals surface area (Å²) in [6.45, 7) is 12.2. The van der Waals surface area contributed by atoms with E-state index >= 15 is 0 Å². The van der Waals surface area contributed by atoms with Gasteiger partial charge in [-0.05, 0) is 57.3 Å². The lowest BCUT2D eigenvalue weighted by atomic mass is 10.0. The lowest BCUT2D eigenvalue weighted by Gasteiger charge is -2.44. The first kappa shape index (κ1) is 23.6. The first-order valence-electron chi connectivity index (χ1n) is 12.1. The molecule has 168 valence electrons. The minimum absolute atomic E-state index is 0.0575. The molecule has 0 bridgehead atoms. The van der Waals surface area contributed by atoms with E-state index in [1.54, 1.807) is 0 Å². The number of thioether (sulfide) groups is 1. The third-order valence-electron chi connectivity index (χ3n) is 6.66. The molecule has 0 atom stereocenters. The summed E-state index contributed by atoms with van der Waals surface area (Å²) in [7, 11) is 0. The van der Waals surface area contributed by atoms with Crippen molar-refractivity contribution in [2.75, 3.05) is 45.0 Å². The molecule has 30 heavy (non-hydrogen) atoms. The highest BCUT2D eigenvalue weighted by Crippen LogP contribution is 2.44. The zero-order valence-corrected chi connectivity index (χ0v) is 20.0. The number of benzene rings is 1. The van der Waals surface area contributed by atoms with E-state index < -0.39 is 0 Å². The van der Waals surface area contributed by atoms with Crippen LogP contribution < -0.4 is 0 Å². The van der Waals surface area contributed by atoms with Gasteiger partial charge in [-0.1, -0.05) is 57.0 Å². The van der Waals surface area contributed by atoms with E-state index in [1.807, 2.05) is 11.8 Å². The molecular weight excluding hydrogens is 390 g/mol. The van der Waals surface area contributed by atoms with Gasteiger partial charge in [0.1, 0.15) is 0 Å². The Labute approximate surface area is 188 Å². The topological polar surface area (TPSA) is 26.8 Å². The van der Waals surface area contributed by atoms with Gasteiger partial charge in [0.2, 0.25) is 5.91 Å². The Morgan fingerprint density at radius 2 is 1.60 bits per heavy atom. The Balaban J connectivity index is 1.49. The normalized spacial score (nSPS) is 19.3. The van der Waals surface area contributed by atoms with Crippen molar-refractivity contribution in [2.45, 2.75) is 70.2 Å². The van der Waals surface area contributed by atoms with Crippen LogP contribution in [0.1, 0.15) is 64.4 Å². The third-order valence-corrected chi connectivity index (χ3v) is 8.21. The van der Waals surface area contributed by atoms with Gasteiger partial charge in [-0.3, -0.25) is 9.69 Å². The zero-order valence-electron chi connectivity index (χ0n) is 19.2. The van der Waals surface area contributed by atoms with E-state index in [1.165, 1.54) is 44.3 Å². The van der Waals surface area contributed by atoms with Crippen LogP contribution in [0.5, 0.6) is 0 Å². The van der Waals surface area contributed by atoms with Crippen molar-refractivity contribution in [1.29, 1.82) is 0 Å². The molecule has 1 amide bonds. The van der Waals surface area contributed by atoms with Crippen molar-refractivity contribution < 1.29 is 4.79 Å². The van der Waals surface area contributed by atoms with Gasteiger partial charge in [0, 0.05) is 26.2 Å². The van der Waals surface area contributed by atoms with Gasteiger partial charge < -0.3 is 9.80 Å². The third kappa shape index (κ3) is 6.48. The van der Waals surface area contributed by atoms with E-state index in [4.69, 9.17) is 0 Å². The summed E-state index contributed by atoms with van der Waals surface area (Å²) in [5, 5.41) is 0. The molecule has 4 nitrogen and oxygen atoms in total. The molecule has 0 saturated carbocycles. The van der Waals surface area contributed by atoms with Crippen molar-refractivity contribution in [3.05, 3.63) is 35.9 Å². The SMILES string of the molecule is CCCCN(CCCC)CCCN1C(=O)CSC12CCN(Cc1ccccc1)CC2. The first-order chi connectivity index (χ1) is 14.7. The fourth-order valence-corrected chi connectivity index (χ4v) is 6.14. The van der Waals surface area contributed by atoms with Gasteiger partial charge in [-0.25, -0.2) is 0 Å². The van der Waals surface area contributed by atoms with Crippen LogP contribution in [0.3, 0.4) is 0 Å². The molecule has 5 heteroatoms. The van der Waals surface area contributed by atoms with Gasteiger partial charge >= 0.3 is 0 Å². The van der Waals surface area contributed by atoms with E-state index in [-0.39, 0.29) is 4.87 Å². The number of amides is 1. The molecule has 1 aromatic rings. The summed E-state index contributed by atoms with van der Waals surface area (Å²) in [5.74, 6) is 1.04. The first-order valence-corrected chi connectivity index (χ1v) is 13.1. The Bertz CT molecular complexity index is 623. The number of hydrogen-bond donors (Lipinski definition) is 0. The number of piperidine rings is 1. The van der Waals surface area contributed by atoms with Crippen molar-refractivity contribution in [3.8, 4) is 0 Å². The number of hydrogen-bond acceptors (Lipinski definition) is 4. The van der Waals surface area contributed by atoms with Crippen molar-refractivity contribution in [2.24, 2.45) is 0 Å². The molecule has 0 radical (unpaired) electrons. The quantitative estimate of drug-likeness (QED) is 0.473. The Hall–Kier alpha value is -1.04. The molecule has 1 spiro atoms. The molecule has 0 unspecified atom stereocenters. The van der Waals surface area contributed by atoms with Crippen LogP contribution >= 0.6 is 11.8 Å². The Kier molecular flexibility index (Phi) is 9.54. The monoisotopic (exact) mass is 431 g/mol. The van der Waals surface area contributed by atoms with Gasteiger partial charge in [0.25, 0.3) is 0 Å². The van der Waals surface area contributed by atoms with Crippen LogP contribution in [0.25, 0.3) is 0 Å². The second kappa shape index (κ2) is 12.1. The maximum atomic E-state index is 12.7. The lowest BCUT2D eigenvalue weighted by molar-refractivity contribution is -0.131. The summed E-state index contributed by atoms with van der Waals surface area (Å²) in [5.41, 5.74) is 1.39. The van der Waals surface area contributed by atoms with Crippen LogP contribution in [-0.4, -0.2) is 70.5 Å². The van der Waals surface area contributed by atoms with E-state index in [9.17, 15) is 4.79 Å². The maximum Gasteiger partial charge on any atom is 0.233 e. The van der Waals surface area contributed by atoms with Crippen LogP contribution in [0.4, 0.5) is 0 Å². The minimum Gasteiger partial charge on any atom is -0.327 e. The van der Waals surface area contributed by atoms with Gasteiger partial charge in [-0.2, -0.15) is 0 Å². The molecule has 2 heterocycles. The van der Waals surface area contributed by atoms with Crippen LogP contribution in [0.2, 0.25) is 0 Å². The highest BCUT2D eigenvalue weighted by atomic mass is 32.2. The van der Waals surface area contributed by atoms with Crippen molar-refractivity contribution in [1.82, 2.24) is 14.7 Å². The second-order valence-electron chi connectivity index (χ2n) is 8.94. The molecule has 2 aliphatic heterocycles. The standard InChI is InChI=1S/C25H41N3OS/c1-3-5-15-26(16-6-4-2)17-10-18-28-24(29)22-30-25(28)13-19-27(20-14-25)21-23-11-8-7-9-12-23/h7-9,11-12H,3-6,10,13-22H2,1-2H3. The molecule has 0 aromatic heterocycles. The number of carbonyl (C=O) groups is 1. The summed E-state index contributed by atoms with van der Waals surface area (Å²) >= 11 is 1.91. The van der Waals surface area contributed by atoms with Crippen LogP contribution in [0.15, 0.2) is 30.3 Å². The fraction of sp³-hybridized carbons (Fsp3) is 0.720. The lowest BCUT2D eigenvalue weighted by Crippen LogP contribution is -2.52. The van der Waals surface area contributed by atoms with E-state index in [0.29, 0.717) is 11.7 Å². The van der Waals surface area contributed by atoms with Crippen LogP contribution in [-0.2, 0) is 11.3 Å². The van der Waals surface area contributed by atoms with Gasteiger partial charge in [-0.15, -0.1) is 11.8 Å². The molecule has 1 aromatic carbocycles. The molecule has 0 N–H and O–H groups in total. The number of unbranched alkanes of at least 4 members (excludes halogenated alkanes) is 2. The van der Waals surface area contributed by atoms with Crippen molar-refractivity contribution >= 4 is 17.7 Å². The smallest absolute Gasteiger partial charge is 0.233 e. The highest BCUT2D eigenvalue weighted by molar-refractivity contribution is 8.01. The maximum absolute atomic E-state index is 12.7. The average Bonchev–Trinajstić information content (AvgIpc) is 3.07. The minimum atomic E-state index is 0.0575. The second-order valence-corrected chi connectivity index (χ2v) is 10.3. The molecule has 3 rings (SSSR count). The zero-order chi connectivity index (χ0) is 21.2. The van der Waals surface area contributed by atoms with Crippen molar-refractivity contribution in [3.63, 3.8) is 0 Å².